The van der Waals surface area contributed by atoms with E-state index in [1.165, 1.54) is 16.3 Å². The number of carbonyl (C=O) groups excluding carboxylic acids is 1. The number of likely N-dealkylation sites (tertiary alicyclic amines) is 1. The van der Waals surface area contributed by atoms with E-state index in [1.54, 1.807) is 0 Å². The Bertz CT molecular complexity index is 1230. The third kappa shape index (κ3) is 3.69. The van der Waals surface area contributed by atoms with Gasteiger partial charge in [-0.2, -0.15) is 0 Å². The number of rotatable bonds is 2. The highest BCUT2D eigenvalue weighted by atomic mass is 16.6. The molecule has 0 spiro atoms. The molecule has 1 saturated heterocycles. The second-order valence-electron chi connectivity index (χ2n) is 9.49. The zero-order valence-electron chi connectivity index (χ0n) is 18.3. The van der Waals surface area contributed by atoms with Crippen molar-refractivity contribution in [1.29, 1.82) is 0 Å². The van der Waals surface area contributed by atoms with Crippen LogP contribution in [0.3, 0.4) is 0 Å². The molecule has 5 heteroatoms. The number of benzene rings is 2. The van der Waals surface area contributed by atoms with Crippen molar-refractivity contribution in [3.8, 4) is 0 Å². The average Bonchev–Trinajstić information content (AvgIpc) is 3.36. The van der Waals surface area contributed by atoms with Crippen molar-refractivity contribution in [2.75, 3.05) is 6.54 Å². The number of para-hydroxylation sites is 2. The summed E-state index contributed by atoms with van der Waals surface area (Å²) in [5, 5.41) is 2.44. The summed E-state index contributed by atoms with van der Waals surface area (Å²) in [6.45, 7) is 6.43. The molecule has 2 atom stereocenters. The number of nitrogens with one attached hydrogen (secondary N) is 2. The first kappa shape index (κ1) is 19.7. The third-order valence-corrected chi connectivity index (χ3v) is 6.27. The van der Waals surface area contributed by atoms with E-state index in [-0.39, 0.29) is 12.1 Å². The van der Waals surface area contributed by atoms with Gasteiger partial charge in [-0.05, 0) is 57.2 Å². The van der Waals surface area contributed by atoms with E-state index in [4.69, 9.17) is 4.74 Å². The molecule has 160 valence electrons. The average molecular weight is 416 g/mol. The van der Waals surface area contributed by atoms with Gasteiger partial charge in [-0.3, -0.25) is 0 Å². The van der Waals surface area contributed by atoms with Gasteiger partial charge in [0.1, 0.15) is 5.60 Å². The standard InChI is InChI=1S/C26H29N3O2/c1-26(2,3)31-25(30)29-13-12-17(20-15-27-22-10-6-4-8-18(20)22)14-24(29)21-16-28-23-11-7-5-9-19(21)23/h4-11,15-17,24,27-28H,12-14H2,1-3H3. The molecule has 1 aliphatic heterocycles. The van der Waals surface area contributed by atoms with Crippen LogP contribution in [0.25, 0.3) is 21.8 Å². The van der Waals surface area contributed by atoms with Crippen LogP contribution in [-0.4, -0.2) is 33.1 Å². The molecule has 4 aromatic rings. The molecule has 1 fully saturated rings. The summed E-state index contributed by atoms with van der Waals surface area (Å²) >= 11 is 0. The number of fused-ring (bicyclic) bond motifs is 2. The van der Waals surface area contributed by atoms with Gasteiger partial charge in [-0.1, -0.05) is 36.4 Å². The molecular formula is C26H29N3O2. The molecule has 2 aromatic heterocycles. The van der Waals surface area contributed by atoms with Gasteiger partial charge in [0.25, 0.3) is 0 Å². The van der Waals surface area contributed by atoms with Crippen LogP contribution in [0, 0.1) is 0 Å². The van der Waals surface area contributed by atoms with Crippen molar-refractivity contribution in [2.45, 2.75) is 51.2 Å². The summed E-state index contributed by atoms with van der Waals surface area (Å²) in [5.41, 5.74) is 4.23. The van der Waals surface area contributed by atoms with Gasteiger partial charge in [-0.25, -0.2) is 4.79 Å². The summed E-state index contributed by atoms with van der Waals surface area (Å²) < 4.78 is 5.78. The minimum Gasteiger partial charge on any atom is -0.444 e. The van der Waals surface area contributed by atoms with E-state index in [0.29, 0.717) is 12.5 Å². The van der Waals surface area contributed by atoms with Crippen molar-refractivity contribution in [3.05, 3.63) is 72.1 Å². The van der Waals surface area contributed by atoms with E-state index in [9.17, 15) is 4.79 Å². The lowest BCUT2D eigenvalue weighted by Crippen LogP contribution is -2.43. The monoisotopic (exact) mass is 415 g/mol. The predicted molar refractivity (Wildman–Crippen MR) is 124 cm³/mol. The Morgan fingerprint density at radius 1 is 0.935 bits per heavy atom. The van der Waals surface area contributed by atoms with Crippen LogP contribution >= 0.6 is 0 Å². The minimum absolute atomic E-state index is 0.0431. The number of hydrogen-bond donors (Lipinski definition) is 2. The number of piperidine rings is 1. The topological polar surface area (TPSA) is 61.1 Å². The summed E-state index contributed by atoms with van der Waals surface area (Å²) in [5.74, 6) is 0.369. The predicted octanol–water partition coefficient (Wildman–Crippen LogP) is 6.51. The smallest absolute Gasteiger partial charge is 0.410 e. The van der Waals surface area contributed by atoms with Crippen LogP contribution in [0.2, 0.25) is 0 Å². The first-order valence-corrected chi connectivity index (χ1v) is 11.0. The SMILES string of the molecule is CC(C)(C)OC(=O)N1CCC(c2c[nH]c3ccccc23)CC1c1c[nH]c2ccccc12. The van der Waals surface area contributed by atoms with Crippen LogP contribution < -0.4 is 0 Å². The molecule has 5 rings (SSSR count). The maximum Gasteiger partial charge on any atom is 0.410 e. The Labute approximate surface area is 182 Å². The van der Waals surface area contributed by atoms with Crippen LogP contribution in [-0.2, 0) is 4.74 Å². The molecule has 0 bridgehead atoms. The minimum atomic E-state index is -0.518. The molecule has 0 aliphatic carbocycles. The lowest BCUT2D eigenvalue weighted by atomic mass is 9.83. The Morgan fingerprint density at radius 2 is 1.52 bits per heavy atom. The molecule has 2 N–H and O–H groups in total. The number of carbonyl (C=O) groups is 1. The van der Waals surface area contributed by atoms with Gasteiger partial charge >= 0.3 is 6.09 Å². The highest BCUT2D eigenvalue weighted by Crippen LogP contribution is 2.43. The van der Waals surface area contributed by atoms with Gasteiger partial charge in [0.2, 0.25) is 0 Å². The number of ether oxygens (including phenoxy) is 1. The fourth-order valence-corrected chi connectivity index (χ4v) is 4.88. The first-order valence-electron chi connectivity index (χ1n) is 11.0. The summed E-state index contributed by atoms with van der Waals surface area (Å²) in [6.07, 6.45) is 5.75. The van der Waals surface area contributed by atoms with Crippen molar-refractivity contribution < 1.29 is 9.53 Å². The van der Waals surface area contributed by atoms with E-state index in [1.807, 2.05) is 31.7 Å². The van der Waals surface area contributed by atoms with Gasteiger partial charge in [0.05, 0.1) is 6.04 Å². The number of aromatic nitrogens is 2. The Hall–Kier alpha value is -3.21. The van der Waals surface area contributed by atoms with Gasteiger partial charge in [0.15, 0.2) is 0 Å². The number of hydrogen-bond acceptors (Lipinski definition) is 2. The molecule has 2 unspecified atom stereocenters. The summed E-state index contributed by atoms with van der Waals surface area (Å²) in [4.78, 5) is 21.9. The number of aromatic amines is 2. The number of nitrogens with zero attached hydrogens (tertiary/aromatic N) is 1. The second kappa shape index (κ2) is 7.49. The van der Waals surface area contributed by atoms with E-state index < -0.39 is 5.60 Å². The molecule has 0 radical (unpaired) electrons. The van der Waals surface area contributed by atoms with Crippen molar-refractivity contribution in [3.63, 3.8) is 0 Å². The largest absolute Gasteiger partial charge is 0.444 e. The lowest BCUT2D eigenvalue weighted by Gasteiger charge is -2.40. The molecule has 1 amide bonds. The van der Waals surface area contributed by atoms with E-state index in [0.717, 1.165) is 29.4 Å². The lowest BCUT2D eigenvalue weighted by molar-refractivity contribution is 0.00788. The van der Waals surface area contributed by atoms with Crippen molar-refractivity contribution >= 4 is 27.9 Å². The summed E-state index contributed by atoms with van der Waals surface area (Å²) in [7, 11) is 0. The number of H-pyrrole nitrogens is 2. The molecule has 31 heavy (non-hydrogen) atoms. The number of amides is 1. The van der Waals surface area contributed by atoms with Gasteiger partial charge in [-0.15, -0.1) is 0 Å². The molecule has 5 nitrogen and oxygen atoms in total. The zero-order valence-corrected chi connectivity index (χ0v) is 18.3. The molecular weight excluding hydrogens is 386 g/mol. The fourth-order valence-electron chi connectivity index (χ4n) is 4.88. The third-order valence-electron chi connectivity index (χ3n) is 6.27. The van der Waals surface area contributed by atoms with Crippen LogP contribution in [0.5, 0.6) is 0 Å². The fraction of sp³-hybridized carbons (Fsp3) is 0.346. The van der Waals surface area contributed by atoms with Gasteiger partial charge < -0.3 is 19.6 Å². The van der Waals surface area contributed by atoms with Crippen LogP contribution in [0.15, 0.2) is 60.9 Å². The normalized spacial score (nSPS) is 19.8. The quantitative estimate of drug-likeness (QED) is 0.392. The van der Waals surface area contributed by atoms with Crippen molar-refractivity contribution in [2.24, 2.45) is 0 Å². The van der Waals surface area contributed by atoms with E-state index in [2.05, 4.69) is 64.8 Å². The highest BCUT2D eigenvalue weighted by Gasteiger charge is 2.37. The zero-order chi connectivity index (χ0) is 21.6. The Kier molecular flexibility index (Phi) is 4.77. The van der Waals surface area contributed by atoms with Gasteiger partial charge in [0, 0.05) is 46.3 Å². The van der Waals surface area contributed by atoms with Crippen LogP contribution in [0.4, 0.5) is 4.79 Å². The first-order chi connectivity index (χ1) is 14.9. The maximum absolute atomic E-state index is 13.1. The highest BCUT2D eigenvalue weighted by molar-refractivity contribution is 5.85. The molecule has 1 aliphatic rings. The molecule has 0 saturated carbocycles. The molecule has 3 heterocycles. The Balaban J connectivity index is 1.53. The second-order valence-corrected chi connectivity index (χ2v) is 9.49. The maximum atomic E-state index is 13.1. The Morgan fingerprint density at radius 3 is 2.16 bits per heavy atom. The van der Waals surface area contributed by atoms with Crippen LogP contribution in [0.1, 0.15) is 56.7 Å². The van der Waals surface area contributed by atoms with E-state index >= 15 is 0 Å². The summed E-state index contributed by atoms with van der Waals surface area (Å²) in [6, 6.07) is 16.7. The molecule has 2 aromatic carbocycles. The van der Waals surface area contributed by atoms with Crippen molar-refractivity contribution in [1.82, 2.24) is 14.9 Å².